The summed E-state index contributed by atoms with van der Waals surface area (Å²) in [6.07, 6.45) is 2.15. The van der Waals surface area contributed by atoms with Crippen molar-refractivity contribution in [1.82, 2.24) is 10.6 Å². The first kappa shape index (κ1) is 16.2. The fourth-order valence-corrected chi connectivity index (χ4v) is 3.14. The van der Waals surface area contributed by atoms with Crippen LogP contribution in [0.1, 0.15) is 24.5 Å². The molecule has 2 saturated heterocycles. The average molecular weight is 327 g/mol. The highest BCUT2D eigenvalue weighted by molar-refractivity contribution is 6.30. The van der Waals surface area contributed by atoms with Crippen LogP contribution >= 0.6 is 11.6 Å². The Labute approximate surface area is 136 Å². The fourth-order valence-electron chi connectivity index (χ4n) is 2.94. The van der Waals surface area contributed by atoms with Crippen molar-refractivity contribution >= 4 is 11.6 Å². The molecule has 0 bridgehead atoms. The number of hydrogen-bond donors (Lipinski definition) is 2. The van der Waals surface area contributed by atoms with Crippen molar-refractivity contribution < 1.29 is 14.2 Å². The molecule has 0 aliphatic carbocycles. The van der Waals surface area contributed by atoms with Crippen molar-refractivity contribution in [3.05, 3.63) is 34.9 Å². The topological polar surface area (TPSA) is 51.8 Å². The Hall–Kier alpha value is -0.690. The standard InChI is InChI=1S/C16H23ClN2O3/c17-14-5-1-3-12(9-14)15(13-4-2-6-18-10-13)20-8-7-19-16-21-11-22-16/h1,3,5,9,13,15-16,18-19H,2,4,6-8,10-11H2. The molecular formula is C16H23ClN2O3. The third kappa shape index (κ3) is 4.41. The maximum Gasteiger partial charge on any atom is 0.220 e. The molecule has 6 heteroatoms. The highest BCUT2D eigenvalue weighted by Crippen LogP contribution is 2.31. The summed E-state index contributed by atoms with van der Waals surface area (Å²) in [6.45, 7) is 3.76. The second-order valence-electron chi connectivity index (χ2n) is 5.69. The Morgan fingerprint density at radius 1 is 1.41 bits per heavy atom. The predicted octanol–water partition coefficient (Wildman–Crippen LogP) is 2.27. The minimum atomic E-state index is -0.274. The van der Waals surface area contributed by atoms with Crippen molar-refractivity contribution in [3.63, 3.8) is 0 Å². The first-order chi connectivity index (χ1) is 10.8. The Morgan fingerprint density at radius 2 is 2.32 bits per heavy atom. The van der Waals surface area contributed by atoms with Crippen LogP contribution in [0.2, 0.25) is 5.02 Å². The van der Waals surface area contributed by atoms with Crippen LogP contribution in [0.3, 0.4) is 0 Å². The molecule has 2 atom stereocenters. The molecule has 2 fully saturated rings. The van der Waals surface area contributed by atoms with Crippen molar-refractivity contribution in [2.75, 3.05) is 33.0 Å². The minimum Gasteiger partial charge on any atom is -0.372 e. The van der Waals surface area contributed by atoms with E-state index in [1.165, 1.54) is 12.8 Å². The summed E-state index contributed by atoms with van der Waals surface area (Å²) in [7, 11) is 0. The summed E-state index contributed by atoms with van der Waals surface area (Å²) in [5.74, 6) is 0.475. The molecule has 2 N–H and O–H groups in total. The summed E-state index contributed by atoms with van der Waals surface area (Å²) in [5.41, 5.74) is 1.15. The Kier molecular flexibility index (Phi) is 6.06. The number of piperidine rings is 1. The largest absolute Gasteiger partial charge is 0.372 e. The number of halogens is 1. The van der Waals surface area contributed by atoms with Crippen molar-refractivity contribution in [2.45, 2.75) is 25.4 Å². The van der Waals surface area contributed by atoms with E-state index in [0.717, 1.165) is 23.7 Å². The van der Waals surface area contributed by atoms with Crippen molar-refractivity contribution in [2.24, 2.45) is 5.92 Å². The van der Waals surface area contributed by atoms with Gasteiger partial charge in [0.1, 0.15) is 0 Å². The molecule has 0 radical (unpaired) electrons. The number of ether oxygens (including phenoxy) is 3. The normalized spacial score (nSPS) is 24.0. The molecule has 1 aromatic rings. The van der Waals surface area contributed by atoms with Gasteiger partial charge < -0.3 is 19.5 Å². The third-order valence-electron chi connectivity index (χ3n) is 4.09. The maximum atomic E-state index is 6.17. The molecule has 0 saturated carbocycles. The number of nitrogens with one attached hydrogen (secondary N) is 2. The Morgan fingerprint density at radius 3 is 3.00 bits per heavy atom. The summed E-state index contributed by atoms with van der Waals surface area (Å²) in [6, 6.07) is 7.98. The lowest BCUT2D eigenvalue weighted by Gasteiger charge is -2.32. The smallest absolute Gasteiger partial charge is 0.220 e. The van der Waals surface area contributed by atoms with Gasteiger partial charge in [0.05, 0.1) is 12.7 Å². The van der Waals surface area contributed by atoms with Gasteiger partial charge in [-0.3, -0.25) is 5.32 Å². The zero-order valence-electron chi connectivity index (χ0n) is 12.6. The molecule has 22 heavy (non-hydrogen) atoms. The maximum absolute atomic E-state index is 6.17. The first-order valence-corrected chi connectivity index (χ1v) is 8.25. The van der Waals surface area contributed by atoms with Crippen LogP contribution in [0.5, 0.6) is 0 Å². The number of benzene rings is 1. The minimum absolute atomic E-state index is 0.0662. The van der Waals surface area contributed by atoms with E-state index < -0.39 is 0 Å². The second-order valence-corrected chi connectivity index (χ2v) is 6.13. The van der Waals surface area contributed by atoms with Gasteiger partial charge in [0.2, 0.25) is 6.41 Å². The van der Waals surface area contributed by atoms with E-state index in [0.29, 0.717) is 25.9 Å². The summed E-state index contributed by atoms with van der Waals surface area (Å²) in [5, 5.41) is 7.34. The molecule has 2 heterocycles. The van der Waals surface area contributed by atoms with E-state index in [-0.39, 0.29) is 12.5 Å². The molecular weight excluding hydrogens is 304 g/mol. The van der Waals surface area contributed by atoms with Crippen LogP contribution in [0.25, 0.3) is 0 Å². The molecule has 0 amide bonds. The zero-order valence-corrected chi connectivity index (χ0v) is 13.3. The van der Waals surface area contributed by atoms with Crippen molar-refractivity contribution in [1.29, 1.82) is 0 Å². The third-order valence-corrected chi connectivity index (χ3v) is 4.32. The van der Waals surface area contributed by atoms with Gasteiger partial charge in [-0.25, -0.2) is 0 Å². The van der Waals surface area contributed by atoms with Crippen LogP contribution in [-0.4, -0.2) is 39.4 Å². The van der Waals surface area contributed by atoms with Crippen LogP contribution in [-0.2, 0) is 14.2 Å². The SMILES string of the molecule is Clc1cccc(C(OCCNC2OCO2)C2CCCNC2)c1. The second kappa shape index (κ2) is 8.24. The summed E-state index contributed by atoms with van der Waals surface area (Å²) in [4.78, 5) is 0. The molecule has 2 aliphatic heterocycles. The van der Waals surface area contributed by atoms with Gasteiger partial charge in [0.15, 0.2) is 6.79 Å². The van der Waals surface area contributed by atoms with E-state index in [1.807, 2.05) is 18.2 Å². The van der Waals surface area contributed by atoms with Crippen LogP contribution < -0.4 is 10.6 Å². The molecule has 0 aromatic heterocycles. The van der Waals surface area contributed by atoms with Crippen molar-refractivity contribution in [3.8, 4) is 0 Å². The van der Waals surface area contributed by atoms with Crippen LogP contribution in [0, 0.1) is 5.92 Å². The molecule has 2 aliphatic rings. The van der Waals surface area contributed by atoms with Gasteiger partial charge in [-0.05, 0) is 37.1 Å². The molecule has 122 valence electrons. The summed E-state index contributed by atoms with van der Waals surface area (Å²) >= 11 is 6.14. The van der Waals surface area contributed by atoms with Gasteiger partial charge >= 0.3 is 0 Å². The highest BCUT2D eigenvalue weighted by Gasteiger charge is 2.26. The van der Waals surface area contributed by atoms with E-state index >= 15 is 0 Å². The highest BCUT2D eigenvalue weighted by atomic mass is 35.5. The fraction of sp³-hybridized carbons (Fsp3) is 0.625. The Bertz CT molecular complexity index is 464. The van der Waals surface area contributed by atoms with Gasteiger partial charge in [0, 0.05) is 24.0 Å². The van der Waals surface area contributed by atoms with Gasteiger partial charge in [-0.2, -0.15) is 0 Å². The Balaban J connectivity index is 1.57. The monoisotopic (exact) mass is 326 g/mol. The average Bonchev–Trinajstić information content (AvgIpc) is 2.50. The van der Waals surface area contributed by atoms with Crippen LogP contribution in [0.15, 0.2) is 24.3 Å². The lowest BCUT2D eigenvalue weighted by molar-refractivity contribution is -0.333. The lowest BCUT2D eigenvalue weighted by Crippen LogP contribution is -2.45. The zero-order chi connectivity index (χ0) is 15.2. The molecule has 2 unspecified atom stereocenters. The molecule has 0 spiro atoms. The van der Waals surface area contributed by atoms with Crippen LogP contribution in [0.4, 0.5) is 0 Å². The van der Waals surface area contributed by atoms with Gasteiger partial charge in [0.25, 0.3) is 0 Å². The summed E-state index contributed by atoms with van der Waals surface area (Å²) < 4.78 is 16.4. The van der Waals surface area contributed by atoms with E-state index in [4.69, 9.17) is 25.8 Å². The van der Waals surface area contributed by atoms with Gasteiger partial charge in [-0.1, -0.05) is 23.7 Å². The first-order valence-electron chi connectivity index (χ1n) is 7.87. The van der Waals surface area contributed by atoms with E-state index in [1.54, 1.807) is 0 Å². The van der Waals surface area contributed by atoms with E-state index in [9.17, 15) is 0 Å². The molecule has 5 nitrogen and oxygen atoms in total. The van der Waals surface area contributed by atoms with Gasteiger partial charge in [-0.15, -0.1) is 0 Å². The molecule has 3 rings (SSSR count). The molecule has 1 aromatic carbocycles. The lowest BCUT2D eigenvalue weighted by atomic mass is 9.89. The number of rotatable bonds is 7. The number of hydrogen-bond acceptors (Lipinski definition) is 5. The predicted molar refractivity (Wildman–Crippen MR) is 84.6 cm³/mol. The quantitative estimate of drug-likeness (QED) is 0.753. The van der Waals surface area contributed by atoms with E-state index in [2.05, 4.69) is 16.7 Å².